The van der Waals surface area contributed by atoms with Gasteiger partial charge >= 0.3 is 0 Å². The Morgan fingerprint density at radius 2 is 2.11 bits per heavy atom. The number of hydrogen-bond donors (Lipinski definition) is 1. The molecule has 0 radical (unpaired) electrons. The van der Waals surface area contributed by atoms with Crippen LogP contribution in [0.4, 0.5) is 4.39 Å². The Labute approximate surface area is 167 Å². The molecule has 1 aromatic carbocycles. The summed E-state index contributed by atoms with van der Waals surface area (Å²) in [5, 5.41) is 2.72. The van der Waals surface area contributed by atoms with Crippen LogP contribution in [0.15, 0.2) is 34.7 Å². The number of nitrogens with one attached hydrogen (secondary N) is 1. The van der Waals surface area contributed by atoms with Gasteiger partial charge in [-0.25, -0.2) is 12.8 Å². The highest BCUT2D eigenvalue weighted by atomic mass is 32.2. The van der Waals surface area contributed by atoms with E-state index in [9.17, 15) is 17.6 Å². The summed E-state index contributed by atoms with van der Waals surface area (Å²) < 4.78 is 41.5. The van der Waals surface area contributed by atoms with Crippen molar-refractivity contribution in [3.05, 3.63) is 41.2 Å². The van der Waals surface area contributed by atoms with Gasteiger partial charge in [0.25, 0.3) is 5.91 Å². The zero-order chi connectivity index (χ0) is 20.1. The normalized spacial score (nSPS) is 21.2. The van der Waals surface area contributed by atoms with Crippen LogP contribution >= 0.6 is 0 Å². The van der Waals surface area contributed by atoms with Crippen LogP contribution in [-0.2, 0) is 10.0 Å². The third-order valence-corrected chi connectivity index (χ3v) is 7.42. The lowest BCUT2D eigenvalue weighted by molar-refractivity contribution is 0.0949. The van der Waals surface area contributed by atoms with Crippen LogP contribution in [0.5, 0.6) is 0 Å². The molecule has 5 nitrogen and oxygen atoms in total. The molecular weight excluding hydrogens is 379 g/mol. The Kier molecular flexibility index (Phi) is 6.88. The number of carbonyl (C=O) groups excluding carboxylic acids is 1. The lowest BCUT2D eigenvalue weighted by Crippen LogP contribution is -2.39. The van der Waals surface area contributed by atoms with Gasteiger partial charge in [-0.1, -0.05) is 18.6 Å². The molecule has 1 atom stereocenters. The highest BCUT2D eigenvalue weighted by molar-refractivity contribution is 7.89. The lowest BCUT2D eigenvalue weighted by atomic mass is 9.97. The molecule has 1 fully saturated rings. The standard InChI is InChI=1S/C21H29FN2O3S/c1-16-6-5-13-24(15-16)28(26,27)18-9-10-20(22)19(14-18)21(25)23-12-11-17-7-3-2-4-8-17/h7,9-10,14,16H,2-6,8,11-13,15H2,1H3,(H,23,25)/t16-/m0/s1. The summed E-state index contributed by atoms with van der Waals surface area (Å²) in [7, 11) is -3.73. The number of hydrogen-bond acceptors (Lipinski definition) is 3. The van der Waals surface area contributed by atoms with Crippen molar-refractivity contribution in [2.24, 2.45) is 5.92 Å². The first-order valence-corrected chi connectivity index (χ1v) is 11.6. The molecule has 3 rings (SSSR count). The molecule has 154 valence electrons. The van der Waals surface area contributed by atoms with Crippen LogP contribution < -0.4 is 5.32 Å². The van der Waals surface area contributed by atoms with Crippen LogP contribution in [-0.4, -0.2) is 38.3 Å². The van der Waals surface area contributed by atoms with E-state index in [1.807, 2.05) is 6.92 Å². The highest BCUT2D eigenvalue weighted by Gasteiger charge is 2.29. The van der Waals surface area contributed by atoms with E-state index < -0.39 is 21.7 Å². The summed E-state index contributed by atoms with van der Waals surface area (Å²) in [6.45, 7) is 3.36. The Morgan fingerprint density at radius 1 is 1.29 bits per heavy atom. The maximum Gasteiger partial charge on any atom is 0.254 e. The quantitative estimate of drug-likeness (QED) is 0.727. The summed E-state index contributed by atoms with van der Waals surface area (Å²) in [5.74, 6) is -0.987. The van der Waals surface area contributed by atoms with Crippen LogP contribution in [0.1, 0.15) is 62.2 Å². The van der Waals surface area contributed by atoms with E-state index in [0.717, 1.165) is 38.2 Å². The predicted molar refractivity (Wildman–Crippen MR) is 107 cm³/mol. The number of rotatable bonds is 6. The van der Waals surface area contributed by atoms with Crippen LogP contribution in [0, 0.1) is 11.7 Å². The van der Waals surface area contributed by atoms with Gasteiger partial charge < -0.3 is 5.32 Å². The molecule has 1 saturated heterocycles. The van der Waals surface area contributed by atoms with E-state index in [4.69, 9.17) is 0 Å². The van der Waals surface area contributed by atoms with Gasteiger partial charge in [0.15, 0.2) is 0 Å². The highest BCUT2D eigenvalue weighted by Crippen LogP contribution is 2.25. The fourth-order valence-electron chi connectivity index (χ4n) is 3.92. The molecule has 0 saturated carbocycles. The van der Waals surface area contributed by atoms with E-state index in [1.165, 1.54) is 34.9 Å². The topological polar surface area (TPSA) is 66.5 Å². The largest absolute Gasteiger partial charge is 0.352 e. The van der Waals surface area contributed by atoms with Gasteiger partial charge in [0, 0.05) is 19.6 Å². The van der Waals surface area contributed by atoms with Crippen LogP contribution in [0.25, 0.3) is 0 Å². The molecule has 0 bridgehead atoms. The molecular formula is C21H29FN2O3S. The fourth-order valence-corrected chi connectivity index (χ4v) is 5.54. The van der Waals surface area contributed by atoms with Gasteiger partial charge in [-0.2, -0.15) is 4.31 Å². The lowest BCUT2D eigenvalue weighted by Gasteiger charge is -2.30. The van der Waals surface area contributed by atoms with Crippen LogP contribution in [0.2, 0.25) is 0 Å². The van der Waals surface area contributed by atoms with E-state index in [0.29, 0.717) is 25.6 Å². The number of carbonyl (C=O) groups is 1. The maximum atomic E-state index is 14.2. The number of halogens is 1. The fraction of sp³-hybridized carbons (Fsp3) is 0.571. The second-order valence-electron chi connectivity index (χ2n) is 7.87. The second kappa shape index (κ2) is 9.18. The Balaban J connectivity index is 1.69. The van der Waals surface area contributed by atoms with Gasteiger partial charge in [-0.05, 0) is 69.1 Å². The minimum absolute atomic E-state index is 0.0249. The third-order valence-electron chi connectivity index (χ3n) is 5.56. The zero-order valence-corrected chi connectivity index (χ0v) is 17.2. The summed E-state index contributed by atoms with van der Waals surface area (Å²) in [4.78, 5) is 12.4. The molecule has 0 aromatic heterocycles. The van der Waals surface area contributed by atoms with Gasteiger partial charge in [-0.3, -0.25) is 4.79 Å². The van der Waals surface area contributed by atoms with Crippen molar-refractivity contribution in [3.63, 3.8) is 0 Å². The van der Waals surface area contributed by atoms with Gasteiger partial charge in [0.1, 0.15) is 5.82 Å². The molecule has 1 aliphatic heterocycles. The number of nitrogens with zero attached hydrogens (tertiary/aromatic N) is 1. The molecule has 0 unspecified atom stereocenters. The summed E-state index contributed by atoms with van der Waals surface area (Å²) in [5.41, 5.74) is 1.10. The Morgan fingerprint density at radius 3 is 2.82 bits per heavy atom. The van der Waals surface area contributed by atoms with Crippen molar-refractivity contribution >= 4 is 15.9 Å². The Bertz CT molecular complexity index is 851. The van der Waals surface area contributed by atoms with Crippen LogP contribution in [0.3, 0.4) is 0 Å². The molecule has 2 aliphatic rings. The monoisotopic (exact) mass is 408 g/mol. The van der Waals surface area contributed by atoms with Crippen molar-refractivity contribution in [1.82, 2.24) is 9.62 Å². The molecule has 28 heavy (non-hydrogen) atoms. The van der Waals surface area contributed by atoms with E-state index in [-0.39, 0.29) is 10.5 Å². The number of amides is 1. The minimum Gasteiger partial charge on any atom is -0.352 e. The first-order chi connectivity index (χ1) is 13.4. The number of benzene rings is 1. The maximum absolute atomic E-state index is 14.2. The summed E-state index contributed by atoms with van der Waals surface area (Å²) in [6, 6.07) is 3.48. The summed E-state index contributed by atoms with van der Waals surface area (Å²) in [6.07, 6.45) is 9.27. The molecule has 1 N–H and O–H groups in total. The number of piperidine rings is 1. The average molecular weight is 409 g/mol. The average Bonchev–Trinajstić information content (AvgIpc) is 2.69. The summed E-state index contributed by atoms with van der Waals surface area (Å²) >= 11 is 0. The van der Waals surface area contributed by atoms with E-state index in [1.54, 1.807) is 0 Å². The predicted octanol–water partition coefficient (Wildman–Crippen LogP) is 3.87. The number of sulfonamides is 1. The first-order valence-electron chi connectivity index (χ1n) is 10.1. The Hall–Kier alpha value is -1.73. The van der Waals surface area contributed by atoms with Crippen molar-refractivity contribution in [2.75, 3.05) is 19.6 Å². The van der Waals surface area contributed by atoms with E-state index >= 15 is 0 Å². The zero-order valence-electron chi connectivity index (χ0n) is 16.4. The van der Waals surface area contributed by atoms with E-state index in [2.05, 4.69) is 11.4 Å². The van der Waals surface area contributed by atoms with Gasteiger partial charge in [0.05, 0.1) is 10.5 Å². The molecule has 1 heterocycles. The molecule has 1 aromatic rings. The minimum atomic E-state index is -3.73. The number of allylic oxidation sites excluding steroid dienone is 1. The van der Waals surface area contributed by atoms with Gasteiger partial charge in [-0.15, -0.1) is 0 Å². The SMILES string of the molecule is C[C@H]1CCCN(S(=O)(=O)c2ccc(F)c(C(=O)NCCC3=CCCCC3)c2)C1. The van der Waals surface area contributed by atoms with Crippen molar-refractivity contribution in [2.45, 2.75) is 56.8 Å². The second-order valence-corrected chi connectivity index (χ2v) is 9.80. The van der Waals surface area contributed by atoms with Crippen molar-refractivity contribution in [1.29, 1.82) is 0 Å². The smallest absolute Gasteiger partial charge is 0.254 e. The molecule has 1 amide bonds. The molecule has 0 spiro atoms. The molecule has 1 aliphatic carbocycles. The van der Waals surface area contributed by atoms with Gasteiger partial charge in [0.2, 0.25) is 10.0 Å². The molecule has 7 heteroatoms. The third kappa shape index (κ3) is 5.00. The van der Waals surface area contributed by atoms with Crippen molar-refractivity contribution in [3.8, 4) is 0 Å². The van der Waals surface area contributed by atoms with Crippen molar-refractivity contribution < 1.29 is 17.6 Å². The first kappa shape index (κ1) is 21.0.